The van der Waals surface area contributed by atoms with E-state index in [-0.39, 0.29) is 12.3 Å². The first-order valence-corrected chi connectivity index (χ1v) is 7.96. The summed E-state index contributed by atoms with van der Waals surface area (Å²) in [6.45, 7) is 0. The molecule has 1 amide bonds. The second-order valence-corrected chi connectivity index (χ2v) is 5.57. The first-order valence-electron chi connectivity index (χ1n) is 7.96. The monoisotopic (exact) mass is 333 g/mol. The third-order valence-corrected chi connectivity index (χ3v) is 3.63. The van der Waals surface area contributed by atoms with Crippen molar-refractivity contribution in [3.63, 3.8) is 0 Å². The molecule has 0 radical (unpaired) electrons. The predicted octanol–water partition coefficient (Wildman–Crippen LogP) is 3.51. The van der Waals surface area contributed by atoms with Crippen molar-refractivity contribution in [1.82, 2.24) is 9.99 Å². The van der Waals surface area contributed by atoms with Crippen LogP contribution in [-0.4, -0.2) is 16.7 Å². The summed E-state index contributed by atoms with van der Waals surface area (Å²) >= 11 is 0. The number of carbonyl (C=O) groups excluding carboxylic acids is 1. The molecule has 0 fully saturated rings. The lowest BCUT2D eigenvalue weighted by Crippen LogP contribution is -2.20. The van der Waals surface area contributed by atoms with Gasteiger partial charge >= 0.3 is 0 Å². The zero-order valence-electron chi connectivity index (χ0n) is 13.9. The molecular formula is C20H19N3O2. The number of hydrogen-bond donors (Lipinski definition) is 1. The van der Waals surface area contributed by atoms with Crippen molar-refractivity contribution in [1.29, 1.82) is 0 Å². The molecular weight excluding hydrogens is 314 g/mol. The Kier molecular flexibility index (Phi) is 5.26. The number of hydrazone groups is 1. The van der Waals surface area contributed by atoms with Crippen LogP contribution in [0, 0.1) is 0 Å². The minimum atomic E-state index is -0.158. The fraction of sp³-hybridized carbons (Fsp3) is 0.100. The zero-order valence-corrected chi connectivity index (χ0v) is 13.9. The lowest BCUT2D eigenvalue weighted by atomic mass is 10.2. The summed E-state index contributed by atoms with van der Waals surface area (Å²) < 4.78 is 7.69. The predicted molar refractivity (Wildman–Crippen MR) is 97.8 cm³/mol. The minimum Gasteiger partial charge on any atom is -0.457 e. The van der Waals surface area contributed by atoms with Crippen LogP contribution in [0.4, 0.5) is 0 Å². The van der Waals surface area contributed by atoms with Crippen LogP contribution in [0.15, 0.2) is 78.0 Å². The molecule has 0 aliphatic heterocycles. The highest BCUT2D eigenvalue weighted by Gasteiger charge is 2.04. The summed E-state index contributed by atoms with van der Waals surface area (Å²) in [7, 11) is 1.91. The van der Waals surface area contributed by atoms with Crippen molar-refractivity contribution in [2.45, 2.75) is 6.42 Å². The van der Waals surface area contributed by atoms with E-state index in [9.17, 15) is 4.79 Å². The van der Waals surface area contributed by atoms with Gasteiger partial charge in [-0.1, -0.05) is 30.3 Å². The van der Waals surface area contributed by atoms with Crippen molar-refractivity contribution >= 4 is 12.1 Å². The van der Waals surface area contributed by atoms with Gasteiger partial charge in [0.15, 0.2) is 0 Å². The number of amides is 1. The lowest BCUT2D eigenvalue weighted by Gasteiger charge is -2.06. The third kappa shape index (κ3) is 4.81. The van der Waals surface area contributed by atoms with Crippen LogP contribution >= 0.6 is 0 Å². The summed E-state index contributed by atoms with van der Waals surface area (Å²) in [4.78, 5) is 11.9. The number of nitrogens with zero attached hydrogens (tertiary/aromatic N) is 2. The Labute approximate surface area is 146 Å². The molecule has 3 rings (SSSR count). The highest BCUT2D eigenvalue weighted by Crippen LogP contribution is 2.21. The average Bonchev–Trinajstić information content (AvgIpc) is 3.01. The van der Waals surface area contributed by atoms with Crippen molar-refractivity contribution in [3.8, 4) is 11.5 Å². The van der Waals surface area contributed by atoms with Crippen molar-refractivity contribution in [2.24, 2.45) is 12.1 Å². The Hall–Kier alpha value is -3.34. The molecule has 126 valence electrons. The Bertz CT molecular complexity index is 869. The van der Waals surface area contributed by atoms with Crippen molar-refractivity contribution in [3.05, 3.63) is 84.2 Å². The Balaban J connectivity index is 1.57. The quantitative estimate of drug-likeness (QED) is 0.554. The second-order valence-electron chi connectivity index (χ2n) is 5.57. The van der Waals surface area contributed by atoms with Gasteiger partial charge in [0.25, 0.3) is 0 Å². The molecule has 1 aromatic heterocycles. The number of hydrogen-bond acceptors (Lipinski definition) is 3. The summed E-state index contributed by atoms with van der Waals surface area (Å²) in [5.41, 5.74) is 4.32. The molecule has 0 bridgehead atoms. The SMILES string of the molecule is Cn1cccc1CC(=O)N/N=C\c1cccc(Oc2ccccc2)c1. The molecule has 0 saturated heterocycles. The number of aryl methyl sites for hydroxylation is 1. The van der Waals surface area contributed by atoms with Crippen LogP contribution in [0.1, 0.15) is 11.3 Å². The molecule has 5 heteroatoms. The topological polar surface area (TPSA) is 55.6 Å². The molecule has 0 atom stereocenters. The van der Waals surface area contributed by atoms with E-state index in [2.05, 4.69) is 10.5 Å². The summed E-state index contributed by atoms with van der Waals surface area (Å²) in [6, 6.07) is 20.9. The number of ether oxygens (including phenoxy) is 1. The molecule has 5 nitrogen and oxygen atoms in total. The van der Waals surface area contributed by atoms with Crippen LogP contribution < -0.4 is 10.2 Å². The van der Waals surface area contributed by atoms with Crippen LogP contribution in [0.3, 0.4) is 0 Å². The van der Waals surface area contributed by atoms with Crippen LogP contribution in [0.2, 0.25) is 0 Å². The molecule has 2 aromatic carbocycles. The van der Waals surface area contributed by atoms with Gasteiger partial charge in [0, 0.05) is 18.9 Å². The Morgan fingerprint density at radius 3 is 2.64 bits per heavy atom. The summed E-state index contributed by atoms with van der Waals surface area (Å²) in [5.74, 6) is 1.33. The molecule has 0 unspecified atom stereocenters. The first-order chi connectivity index (χ1) is 12.2. The molecule has 25 heavy (non-hydrogen) atoms. The fourth-order valence-corrected chi connectivity index (χ4v) is 2.35. The Morgan fingerprint density at radius 1 is 1.08 bits per heavy atom. The molecule has 0 spiro atoms. The van der Waals surface area contributed by atoms with Gasteiger partial charge in [0.05, 0.1) is 12.6 Å². The average molecular weight is 333 g/mol. The number of para-hydroxylation sites is 1. The maximum Gasteiger partial charge on any atom is 0.245 e. The van der Waals surface area contributed by atoms with Gasteiger partial charge in [-0.15, -0.1) is 0 Å². The van der Waals surface area contributed by atoms with E-state index < -0.39 is 0 Å². The maximum absolute atomic E-state index is 11.9. The fourth-order valence-electron chi connectivity index (χ4n) is 2.35. The Morgan fingerprint density at radius 2 is 1.88 bits per heavy atom. The van der Waals surface area contributed by atoms with Crippen LogP contribution in [0.25, 0.3) is 0 Å². The smallest absolute Gasteiger partial charge is 0.245 e. The summed E-state index contributed by atoms with van der Waals surface area (Å²) in [5, 5.41) is 4.01. The second kappa shape index (κ2) is 7.97. The van der Waals surface area contributed by atoms with E-state index in [1.54, 1.807) is 6.21 Å². The maximum atomic E-state index is 11.9. The normalized spacial score (nSPS) is 10.8. The van der Waals surface area contributed by atoms with Gasteiger partial charge in [0.1, 0.15) is 11.5 Å². The zero-order chi connectivity index (χ0) is 17.5. The van der Waals surface area contributed by atoms with Gasteiger partial charge < -0.3 is 9.30 Å². The number of nitrogens with one attached hydrogen (secondary N) is 1. The van der Waals surface area contributed by atoms with E-state index in [1.165, 1.54) is 0 Å². The van der Waals surface area contributed by atoms with Gasteiger partial charge in [-0.3, -0.25) is 4.79 Å². The molecule has 1 heterocycles. The van der Waals surface area contributed by atoms with E-state index >= 15 is 0 Å². The first kappa shape index (κ1) is 16.5. The highest BCUT2D eigenvalue weighted by atomic mass is 16.5. The van der Waals surface area contributed by atoms with Gasteiger partial charge in [-0.05, 0) is 42.0 Å². The van der Waals surface area contributed by atoms with Gasteiger partial charge in [-0.2, -0.15) is 5.10 Å². The number of benzene rings is 2. The molecule has 0 aliphatic carbocycles. The van der Waals surface area contributed by atoms with Crippen LogP contribution in [-0.2, 0) is 18.3 Å². The van der Waals surface area contributed by atoms with Gasteiger partial charge in [-0.25, -0.2) is 5.43 Å². The van der Waals surface area contributed by atoms with Gasteiger partial charge in [0.2, 0.25) is 5.91 Å². The number of rotatable bonds is 6. The van der Waals surface area contributed by atoms with E-state index in [0.717, 1.165) is 17.0 Å². The minimum absolute atomic E-state index is 0.158. The van der Waals surface area contributed by atoms with Crippen molar-refractivity contribution < 1.29 is 9.53 Å². The van der Waals surface area contributed by atoms with Crippen LogP contribution in [0.5, 0.6) is 11.5 Å². The number of aromatic nitrogens is 1. The highest BCUT2D eigenvalue weighted by molar-refractivity contribution is 5.83. The number of carbonyl (C=O) groups is 1. The standard InChI is InChI=1S/C20H19N3O2/c1-23-12-6-8-17(23)14-20(24)22-21-15-16-7-5-11-19(13-16)25-18-9-3-2-4-10-18/h2-13,15H,14H2,1H3,(H,22,24)/b21-15-. The van der Waals surface area contributed by atoms with E-state index in [0.29, 0.717) is 5.75 Å². The van der Waals surface area contributed by atoms with Crippen molar-refractivity contribution in [2.75, 3.05) is 0 Å². The summed E-state index contributed by atoms with van der Waals surface area (Å²) in [6.07, 6.45) is 3.79. The lowest BCUT2D eigenvalue weighted by molar-refractivity contribution is -0.120. The molecule has 1 N–H and O–H groups in total. The third-order valence-electron chi connectivity index (χ3n) is 3.63. The van der Waals surface area contributed by atoms with E-state index in [4.69, 9.17) is 4.74 Å². The molecule has 3 aromatic rings. The molecule has 0 saturated carbocycles. The molecule has 0 aliphatic rings. The van der Waals surface area contributed by atoms with E-state index in [1.807, 2.05) is 84.5 Å². The largest absolute Gasteiger partial charge is 0.457 e.